The molecule has 2 rings (SSSR count). The Balaban J connectivity index is 2.28. The Morgan fingerprint density at radius 1 is 1.19 bits per heavy atom. The molecule has 0 fully saturated rings. The predicted molar refractivity (Wildman–Crippen MR) is 86.8 cm³/mol. The first kappa shape index (κ1) is 15.7. The second-order valence-electron chi connectivity index (χ2n) is 4.89. The molecule has 0 aliphatic heterocycles. The van der Waals surface area contributed by atoms with Gasteiger partial charge in [-0.25, -0.2) is 0 Å². The van der Waals surface area contributed by atoms with E-state index in [0.717, 1.165) is 21.8 Å². The molecule has 112 valence electrons. The topological polar surface area (TPSA) is 52.3 Å². The molecular formula is C17H21NO2S. The second-order valence-corrected chi connectivity index (χ2v) is 6.34. The highest BCUT2D eigenvalue weighted by Crippen LogP contribution is 2.25. The van der Waals surface area contributed by atoms with Gasteiger partial charge in [0.05, 0.1) is 23.2 Å². The molecular weight excluding hydrogens is 282 g/mol. The first-order valence-corrected chi connectivity index (χ1v) is 8.38. The van der Waals surface area contributed by atoms with E-state index < -0.39 is 10.8 Å². The van der Waals surface area contributed by atoms with Gasteiger partial charge in [-0.15, -0.1) is 0 Å². The fraction of sp³-hybridized carbons (Fsp3) is 0.294. The molecule has 0 saturated heterocycles. The van der Waals surface area contributed by atoms with Crippen molar-refractivity contribution in [3.05, 3.63) is 59.7 Å². The van der Waals surface area contributed by atoms with E-state index in [1.54, 1.807) is 0 Å². The number of benzene rings is 2. The molecule has 2 atom stereocenters. The summed E-state index contributed by atoms with van der Waals surface area (Å²) < 4.78 is 18.1. The quantitative estimate of drug-likeness (QED) is 0.889. The monoisotopic (exact) mass is 303 g/mol. The van der Waals surface area contributed by atoms with Gasteiger partial charge < -0.3 is 10.5 Å². The standard InChI is InChI=1S/C17H21NO2S/c1-3-20-17-10-9-14(13(2)18)11-15(17)12-21(19)16-7-5-4-6-8-16/h4-11,13H,3,12,18H2,1-2H3. The number of ether oxygens (including phenoxy) is 1. The van der Waals surface area contributed by atoms with Crippen molar-refractivity contribution in [1.82, 2.24) is 0 Å². The lowest BCUT2D eigenvalue weighted by Gasteiger charge is -2.14. The maximum atomic E-state index is 12.5. The number of hydrogen-bond acceptors (Lipinski definition) is 3. The van der Waals surface area contributed by atoms with Crippen LogP contribution < -0.4 is 10.5 Å². The van der Waals surface area contributed by atoms with Crippen molar-refractivity contribution in [1.29, 1.82) is 0 Å². The summed E-state index contributed by atoms with van der Waals surface area (Å²) in [5.74, 6) is 1.21. The minimum absolute atomic E-state index is 0.0513. The molecule has 2 unspecified atom stereocenters. The molecule has 0 heterocycles. The summed E-state index contributed by atoms with van der Waals surface area (Å²) >= 11 is 0. The van der Waals surface area contributed by atoms with E-state index in [0.29, 0.717) is 12.4 Å². The highest BCUT2D eigenvalue weighted by molar-refractivity contribution is 7.84. The summed E-state index contributed by atoms with van der Waals surface area (Å²) in [6, 6.07) is 15.3. The Bertz CT molecular complexity index is 611. The predicted octanol–water partition coefficient (Wildman–Crippen LogP) is 3.41. The first-order chi connectivity index (χ1) is 10.1. The van der Waals surface area contributed by atoms with Gasteiger partial charge in [-0.05, 0) is 43.7 Å². The summed E-state index contributed by atoms with van der Waals surface area (Å²) in [5, 5.41) is 0. The fourth-order valence-corrected chi connectivity index (χ4v) is 3.22. The highest BCUT2D eigenvalue weighted by Gasteiger charge is 2.12. The van der Waals surface area contributed by atoms with Gasteiger partial charge in [-0.3, -0.25) is 4.21 Å². The number of rotatable bonds is 6. The normalized spacial score (nSPS) is 13.7. The summed E-state index contributed by atoms with van der Waals surface area (Å²) in [6.07, 6.45) is 0. The van der Waals surface area contributed by atoms with Crippen LogP contribution in [0, 0.1) is 0 Å². The molecule has 4 heteroatoms. The van der Waals surface area contributed by atoms with E-state index in [4.69, 9.17) is 10.5 Å². The molecule has 2 aromatic rings. The Labute approximate surface area is 128 Å². The van der Waals surface area contributed by atoms with Gasteiger partial charge in [0.2, 0.25) is 0 Å². The van der Waals surface area contributed by atoms with Crippen LogP contribution in [-0.4, -0.2) is 10.8 Å². The minimum atomic E-state index is -1.09. The van der Waals surface area contributed by atoms with Crippen LogP contribution in [0.3, 0.4) is 0 Å². The average molecular weight is 303 g/mol. The van der Waals surface area contributed by atoms with Gasteiger partial charge in [0.1, 0.15) is 5.75 Å². The van der Waals surface area contributed by atoms with Gasteiger partial charge in [-0.1, -0.05) is 24.3 Å². The number of nitrogens with two attached hydrogens (primary N) is 1. The molecule has 3 nitrogen and oxygen atoms in total. The summed E-state index contributed by atoms with van der Waals surface area (Å²) in [5.41, 5.74) is 7.90. The largest absolute Gasteiger partial charge is 0.494 e. The van der Waals surface area contributed by atoms with E-state index in [9.17, 15) is 4.21 Å². The van der Waals surface area contributed by atoms with Crippen LogP contribution in [0.15, 0.2) is 53.4 Å². The van der Waals surface area contributed by atoms with Crippen molar-refractivity contribution in [2.24, 2.45) is 5.73 Å². The zero-order valence-corrected chi connectivity index (χ0v) is 13.2. The Morgan fingerprint density at radius 2 is 1.90 bits per heavy atom. The van der Waals surface area contributed by atoms with Crippen molar-refractivity contribution in [3.8, 4) is 5.75 Å². The Hall–Kier alpha value is -1.65. The maximum Gasteiger partial charge on any atom is 0.123 e. The molecule has 0 aromatic heterocycles. The van der Waals surface area contributed by atoms with Crippen molar-refractivity contribution in [3.63, 3.8) is 0 Å². The molecule has 2 aromatic carbocycles. The molecule has 0 spiro atoms. The molecule has 0 radical (unpaired) electrons. The van der Waals surface area contributed by atoms with Crippen molar-refractivity contribution in [2.75, 3.05) is 6.61 Å². The van der Waals surface area contributed by atoms with E-state index in [1.165, 1.54) is 0 Å². The van der Waals surface area contributed by atoms with E-state index in [-0.39, 0.29) is 6.04 Å². The zero-order chi connectivity index (χ0) is 15.2. The Kier molecular flexibility index (Phi) is 5.53. The smallest absolute Gasteiger partial charge is 0.123 e. The summed E-state index contributed by atoms with van der Waals surface area (Å²) in [6.45, 7) is 4.47. The molecule has 0 amide bonds. The SMILES string of the molecule is CCOc1ccc(C(C)N)cc1CS(=O)c1ccccc1. The van der Waals surface area contributed by atoms with Crippen molar-refractivity contribution in [2.45, 2.75) is 30.5 Å². The van der Waals surface area contributed by atoms with Gasteiger partial charge in [0, 0.05) is 16.5 Å². The lowest BCUT2D eigenvalue weighted by atomic mass is 10.1. The molecule has 2 N–H and O–H groups in total. The van der Waals surface area contributed by atoms with Gasteiger partial charge in [0.25, 0.3) is 0 Å². The van der Waals surface area contributed by atoms with Gasteiger partial charge >= 0.3 is 0 Å². The Morgan fingerprint density at radius 3 is 2.52 bits per heavy atom. The summed E-state index contributed by atoms with van der Waals surface area (Å²) in [4.78, 5) is 0.825. The third kappa shape index (κ3) is 4.16. The lowest BCUT2D eigenvalue weighted by molar-refractivity contribution is 0.337. The molecule has 0 aliphatic rings. The van der Waals surface area contributed by atoms with E-state index in [2.05, 4.69) is 0 Å². The lowest BCUT2D eigenvalue weighted by Crippen LogP contribution is -2.07. The van der Waals surface area contributed by atoms with Crippen LogP contribution in [0.25, 0.3) is 0 Å². The fourth-order valence-electron chi connectivity index (χ4n) is 2.09. The molecule has 0 saturated carbocycles. The van der Waals surface area contributed by atoms with Crippen LogP contribution in [0.5, 0.6) is 5.75 Å². The van der Waals surface area contributed by atoms with Crippen LogP contribution in [-0.2, 0) is 16.6 Å². The van der Waals surface area contributed by atoms with Crippen molar-refractivity contribution >= 4 is 10.8 Å². The maximum absolute atomic E-state index is 12.5. The van der Waals surface area contributed by atoms with Crippen LogP contribution >= 0.6 is 0 Å². The van der Waals surface area contributed by atoms with Gasteiger partial charge in [-0.2, -0.15) is 0 Å². The first-order valence-electron chi connectivity index (χ1n) is 7.06. The minimum Gasteiger partial charge on any atom is -0.494 e. The molecule has 0 bridgehead atoms. The van der Waals surface area contributed by atoms with E-state index in [1.807, 2.05) is 62.4 Å². The summed E-state index contributed by atoms with van der Waals surface area (Å²) in [7, 11) is -1.09. The third-order valence-corrected chi connectivity index (χ3v) is 4.57. The third-order valence-electron chi connectivity index (χ3n) is 3.20. The van der Waals surface area contributed by atoms with Crippen LogP contribution in [0.4, 0.5) is 0 Å². The van der Waals surface area contributed by atoms with Crippen LogP contribution in [0.2, 0.25) is 0 Å². The van der Waals surface area contributed by atoms with Crippen LogP contribution in [0.1, 0.15) is 31.0 Å². The van der Waals surface area contributed by atoms with Crippen molar-refractivity contribution < 1.29 is 8.95 Å². The molecule has 21 heavy (non-hydrogen) atoms. The van der Waals surface area contributed by atoms with E-state index >= 15 is 0 Å². The average Bonchev–Trinajstić information content (AvgIpc) is 2.50. The zero-order valence-electron chi connectivity index (χ0n) is 12.4. The second kappa shape index (κ2) is 7.38. The number of hydrogen-bond donors (Lipinski definition) is 1. The molecule has 0 aliphatic carbocycles. The van der Waals surface area contributed by atoms with Gasteiger partial charge in [0.15, 0.2) is 0 Å². The highest BCUT2D eigenvalue weighted by atomic mass is 32.2.